The Balaban J connectivity index is 2.48. The van der Waals surface area contributed by atoms with Gasteiger partial charge in [0.05, 0.1) is 4.92 Å². The maximum absolute atomic E-state index is 10.3. The summed E-state index contributed by atoms with van der Waals surface area (Å²) in [5.74, 6) is 6.00. The van der Waals surface area contributed by atoms with Crippen molar-refractivity contribution in [3.63, 3.8) is 0 Å². The minimum atomic E-state index is -0.535. The van der Waals surface area contributed by atoms with Gasteiger partial charge in [-0.3, -0.25) is 10.1 Å². The highest BCUT2D eigenvalue weighted by molar-refractivity contribution is 5.30. The van der Waals surface area contributed by atoms with E-state index in [1.54, 1.807) is 6.92 Å². The lowest BCUT2D eigenvalue weighted by molar-refractivity contribution is -0.385. The molecule has 0 fully saturated rings. The molecule has 0 atom stereocenters. The number of hydrogen-bond acceptors (Lipinski definition) is 5. The topological polar surface area (TPSA) is 81.0 Å². The van der Waals surface area contributed by atoms with Crippen LogP contribution in [-0.4, -0.2) is 21.4 Å². The molecule has 0 spiro atoms. The second-order valence-corrected chi connectivity index (χ2v) is 2.63. The Kier molecular flexibility index (Phi) is 4.04. The van der Waals surface area contributed by atoms with Gasteiger partial charge in [-0.2, -0.15) is 0 Å². The maximum atomic E-state index is 10.3. The normalized spacial score (nSPS) is 8.87. The van der Waals surface area contributed by atoms with Gasteiger partial charge in [-0.05, 0) is 6.92 Å². The number of nitrogens with one attached hydrogen (secondary N) is 1. The van der Waals surface area contributed by atoms with Crippen molar-refractivity contribution in [2.75, 3.05) is 11.9 Å². The molecule has 0 radical (unpaired) electrons. The first kappa shape index (κ1) is 10.9. The SMILES string of the molecule is CC#CCCNc1ncc([N+](=O)[O-])cn1. The fourth-order valence-electron chi connectivity index (χ4n) is 0.869. The zero-order valence-corrected chi connectivity index (χ0v) is 8.23. The van der Waals surface area contributed by atoms with Crippen LogP contribution in [0.3, 0.4) is 0 Å². The molecule has 0 aliphatic carbocycles. The van der Waals surface area contributed by atoms with E-state index >= 15 is 0 Å². The predicted octanol–water partition coefficient (Wildman–Crippen LogP) is 1.21. The smallest absolute Gasteiger partial charge is 0.305 e. The summed E-state index contributed by atoms with van der Waals surface area (Å²) < 4.78 is 0. The van der Waals surface area contributed by atoms with Crippen LogP contribution in [0.5, 0.6) is 0 Å². The zero-order valence-electron chi connectivity index (χ0n) is 8.23. The summed E-state index contributed by atoms with van der Waals surface area (Å²) in [6.45, 7) is 2.39. The standard InChI is InChI=1S/C9H10N4O2/c1-2-3-4-5-10-9-11-6-8(7-12-9)13(14)15/h6-7H,4-5H2,1H3,(H,10,11,12). The van der Waals surface area contributed by atoms with Crippen molar-refractivity contribution in [2.45, 2.75) is 13.3 Å². The van der Waals surface area contributed by atoms with Crippen LogP contribution in [-0.2, 0) is 0 Å². The quantitative estimate of drug-likeness (QED) is 0.346. The molecular weight excluding hydrogens is 196 g/mol. The fraction of sp³-hybridized carbons (Fsp3) is 0.333. The predicted molar refractivity (Wildman–Crippen MR) is 55.2 cm³/mol. The Morgan fingerprint density at radius 1 is 1.53 bits per heavy atom. The van der Waals surface area contributed by atoms with Gasteiger partial charge < -0.3 is 5.32 Å². The van der Waals surface area contributed by atoms with Crippen molar-refractivity contribution in [3.05, 3.63) is 22.5 Å². The molecule has 1 aromatic heterocycles. The molecule has 0 aliphatic heterocycles. The van der Waals surface area contributed by atoms with Crippen molar-refractivity contribution in [1.29, 1.82) is 0 Å². The first-order chi connectivity index (χ1) is 7.24. The van der Waals surface area contributed by atoms with Crippen LogP contribution in [0.2, 0.25) is 0 Å². The van der Waals surface area contributed by atoms with E-state index in [4.69, 9.17) is 0 Å². The Hall–Kier alpha value is -2.16. The summed E-state index contributed by atoms with van der Waals surface area (Å²) in [6.07, 6.45) is 3.03. The molecule has 1 rings (SSSR count). The average molecular weight is 206 g/mol. The third kappa shape index (κ3) is 3.60. The molecule has 0 unspecified atom stereocenters. The molecule has 1 aromatic rings. The summed E-state index contributed by atoms with van der Waals surface area (Å²) in [5, 5.41) is 13.2. The third-order valence-electron chi connectivity index (χ3n) is 1.56. The largest absolute Gasteiger partial charge is 0.353 e. The molecule has 1 heterocycles. The van der Waals surface area contributed by atoms with E-state index in [0.717, 1.165) is 0 Å². The summed E-state index contributed by atoms with van der Waals surface area (Å²) in [4.78, 5) is 17.3. The molecule has 0 bridgehead atoms. The van der Waals surface area contributed by atoms with Gasteiger partial charge in [0.15, 0.2) is 0 Å². The zero-order chi connectivity index (χ0) is 11.1. The summed E-state index contributed by atoms with van der Waals surface area (Å²) in [5.41, 5.74) is -0.117. The average Bonchev–Trinajstić information content (AvgIpc) is 2.25. The number of nitro groups is 1. The van der Waals surface area contributed by atoms with Crippen LogP contribution in [0, 0.1) is 22.0 Å². The first-order valence-corrected chi connectivity index (χ1v) is 4.34. The van der Waals surface area contributed by atoms with Gasteiger partial charge in [-0.15, -0.1) is 11.8 Å². The van der Waals surface area contributed by atoms with Gasteiger partial charge in [-0.1, -0.05) is 0 Å². The molecule has 6 nitrogen and oxygen atoms in total. The molecule has 0 amide bonds. The second-order valence-electron chi connectivity index (χ2n) is 2.63. The van der Waals surface area contributed by atoms with Gasteiger partial charge in [0.1, 0.15) is 12.4 Å². The molecule has 0 aromatic carbocycles. The lowest BCUT2D eigenvalue weighted by Crippen LogP contribution is -2.04. The van der Waals surface area contributed by atoms with Crippen molar-refractivity contribution in [2.24, 2.45) is 0 Å². The fourth-order valence-corrected chi connectivity index (χ4v) is 0.869. The van der Waals surface area contributed by atoms with Crippen molar-refractivity contribution < 1.29 is 4.92 Å². The van der Waals surface area contributed by atoms with Crippen LogP contribution >= 0.6 is 0 Å². The first-order valence-electron chi connectivity index (χ1n) is 4.34. The van der Waals surface area contributed by atoms with Crippen LogP contribution < -0.4 is 5.32 Å². The number of rotatable bonds is 4. The minimum absolute atomic E-state index is 0.117. The maximum Gasteiger partial charge on any atom is 0.305 e. The van der Waals surface area contributed by atoms with E-state index in [2.05, 4.69) is 27.1 Å². The molecule has 0 saturated heterocycles. The molecule has 0 saturated carbocycles. The highest BCUT2D eigenvalue weighted by atomic mass is 16.6. The molecule has 6 heteroatoms. The van der Waals surface area contributed by atoms with E-state index in [1.807, 2.05) is 0 Å². The molecule has 15 heavy (non-hydrogen) atoms. The Morgan fingerprint density at radius 3 is 2.73 bits per heavy atom. The highest BCUT2D eigenvalue weighted by Gasteiger charge is 2.05. The minimum Gasteiger partial charge on any atom is -0.353 e. The van der Waals surface area contributed by atoms with Gasteiger partial charge in [0, 0.05) is 13.0 Å². The van der Waals surface area contributed by atoms with E-state index in [-0.39, 0.29) is 5.69 Å². The molecule has 0 aliphatic rings. The van der Waals surface area contributed by atoms with Gasteiger partial charge in [-0.25, -0.2) is 9.97 Å². The third-order valence-corrected chi connectivity index (χ3v) is 1.56. The Morgan fingerprint density at radius 2 is 2.20 bits per heavy atom. The Bertz CT molecular complexity index is 391. The Labute approximate surface area is 86.9 Å². The molecule has 1 N–H and O–H groups in total. The van der Waals surface area contributed by atoms with Crippen LogP contribution in [0.25, 0.3) is 0 Å². The second kappa shape index (κ2) is 5.54. The van der Waals surface area contributed by atoms with Crippen molar-refractivity contribution in [3.8, 4) is 11.8 Å². The summed E-state index contributed by atoms with van der Waals surface area (Å²) in [6, 6.07) is 0. The molecular formula is C9H10N4O2. The number of anilines is 1. The lowest BCUT2D eigenvalue weighted by Gasteiger charge is -1.99. The number of hydrogen-bond donors (Lipinski definition) is 1. The monoisotopic (exact) mass is 206 g/mol. The van der Waals surface area contributed by atoms with E-state index in [1.165, 1.54) is 12.4 Å². The molecule has 78 valence electrons. The van der Waals surface area contributed by atoms with Crippen molar-refractivity contribution in [1.82, 2.24) is 9.97 Å². The van der Waals surface area contributed by atoms with E-state index in [9.17, 15) is 10.1 Å². The van der Waals surface area contributed by atoms with Gasteiger partial charge in [0.2, 0.25) is 5.95 Å². The highest BCUT2D eigenvalue weighted by Crippen LogP contribution is 2.07. The van der Waals surface area contributed by atoms with Crippen LogP contribution in [0.15, 0.2) is 12.4 Å². The van der Waals surface area contributed by atoms with Gasteiger partial charge >= 0.3 is 5.69 Å². The summed E-state index contributed by atoms with van der Waals surface area (Å²) in [7, 11) is 0. The van der Waals surface area contributed by atoms with E-state index in [0.29, 0.717) is 18.9 Å². The van der Waals surface area contributed by atoms with Crippen LogP contribution in [0.4, 0.5) is 11.6 Å². The van der Waals surface area contributed by atoms with E-state index < -0.39 is 4.92 Å². The van der Waals surface area contributed by atoms with Crippen LogP contribution in [0.1, 0.15) is 13.3 Å². The van der Waals surface area contributed by atoms with Crippen molar-refractivity contribution >= 4 is 11.6 Å². The number of nitrogens with zero attached hydrogens (tertiary/aromatic N) is 3. The lowest BCUT2D eigenvalue weighted by atomic mass is 10.4. The van der Waals surface area contributed by atoms with Gasteiger partial charge in [0.25, 0.3) is 0 Å². The summed E-state index contributed by atoms with van der Waals surface area (Å²) >= 11 is 0. The number of aromatic nitrogens is 2.